The van der Waals surface area contributed by atoms with Crippen LogP contribution in [0.2, 0.25) is 0 Å². The molecule has 5 heteroatoms. The molecule has 0 saturated heterocycles. The molecule has 0 aliphatic heterocycles. The zero-order valence-electron chi connectivity index (χ0n) is 15.3. The number of carbonyl (C=O) groups is 2. The lowest BCUT2D eigenvalue weighted by atomic mass is 10.0. The van der Waals surface area contributed by atoms with E-state index < -0.39 is 12.0 Å². The van der Waals surface area contributed by atoms with Gasteiger partial charge in [-0.3, -0.25) is 4.79 Å². The Morgan fingerprint density at radius 3 is 2.15 bits per heavy atom. The molecule has 138 valence electrons. The van der Waals surface area contributed by atoms with E-state index in [1.165, 1.54) is 0 Å². The Morgan fingerprint density at radius 1 is 1.00 bits per heavy atom. The van der Waals surface area contributed by atoms with Gasteiger partial charge < -0.3 is 20.5 Å². The monoisotopic (exact) mass is 354 g/mol. The van der Waals surface area contributed by atoms with Crippen molar-refractivity contribution in [2.24, 2.45) is 0 Å². The van der Waals surface area contributed by atoms with Gasteiger partial charge in [0.05, 0.1) is 12.4 Å². The van der Waals surface area contributed by atoms with Gasteiger partial charge in [0.2, 0.25) is 5.91 Å². The summed E-state index contributed by atoms with van der Waals surface area (Å²) in [4.78, 5) is 23.9. The molecule has 0 unspecified atom stereocenters. The van der Waals surface area contributed by atoms with Gasteiger partial charge in [0, 0.05) is 11.3 Å². The van der Waals surface area contributed by atoms with Gasteiger partial charge >= 0.3 is 0 Å². The molecule has 1 amide bonds. The maximum Gasteiger partial charge on any atom is 0.230 e. The summed E-state index contributed by atoms with van der Waals surface area (Å²) < 4.78 is 0. The number of amides is 1. The van der Waals surface area contributed by atoms with E-state index >= 15 is 0 Å². The van der Waals surface area contributed by atoms with Crippen LogP contribution in [0.1, 0.15) is 37.0 Å². The smallest absolute Gasteiger partial charge is 0.230 e. The lowest BCUT2D eigenvalue weighted by Gasteiger charge is -2.18. The molecule has 2 aromatic carbocycles. The Bertz CT molecular complexity index is 722. The number of carbonyl (C=O) groups excluding carboxylic acids is 2. The van der Waals surface area contributed by atoms with Gasteiger partial charge in [-0.2, -0.15) is 0 Å². The molecule has 0 spiro atoms. The predicted octanol–water partition coefficient (Wildman–Crippen LogP) is 1.02. The average molecular weight is 354 g/mol. The highest BCUT2D eigenvalue weighted by atomic mass is 16.4. The van der Waals surface area contributed by atoms with E-state index in [0.717, 1.165) is 35.2 Å². The Kier molecular flexibility index (Phi) is 7.36. The highest BCUT2D eigenvalue weighted by molar-refractivity contribution is 5.94. The number of carboxylic acid groups (broad SMARTS) is 1. The molecule has 3 N–H and O–H groups in total. The molecule has 0 aliphatic carbocycles. The van der Waals surface area contributed by atoms with Crippen molar-refractivity contribution in [2.45, 2.75) is 45.7 Å². The zero-order chi connectivity index (χ0) is 18.9. The zero-order valence-corrected chi connectivity index (χ0v) is 15.3. The van der Waals surface area contributed by atoms with Crippen molar-refractivity contribution < 1.29 is 20.0 Å². The van der Waals surface area contributed by atoms with Crippen molar-refractivity contribution in [2.75, 3.05) is 5.32 Å². The van der Waals surface area contributed by atoms with Crippen molar-refractivity contribution in [1.82, 2.24) is 0 Å². The van der Waals surface area contributed by atoms with Gasteiger partial charge in [0.15, 0.2) is 0 Å². The van der Waals surface area contributed by atoms with E-state index in [1.54, 1.807) is 5.32 Å². The molecule has 26 heavy (non-hydrogen) atoms. The molecule has 0 fully saturated rings. The number of para-hydroxylation sites is 1. The molecular weight excluding hydrogens is 328 g/mol. The van der Waals surface area contributed by atoms with Crippen molar-refractivity contribution >= 4 is 17.6 Å². The fourth-order valence-electron chi connectivity index (χ4n) is 2.95. The molecule has 0 bridgehead atoms. The Labute approximate surface area is 154 Å². The third kappa shape index (κ3) is 5.43. The minimum atomic E-state index is -1.23. The number of hydrogen-bond acceptors (Lipinski definition) is 3. The highest BCUT2D eigenvalue weighted by Gasteiger charge is 2.19. The van der Waals surface area contributed by atoms with E-state index in [9.17, 15) is 14.7 Å². The molecule has 0 aliphatic rings. The first-order valence-corrected chi connectivity index (χ1v) is 9.03. The fraction of sp³-hybridized carbons (Fsp3) is 0.333. The maximum atomic E-state index is 12.5. The maximum absolute atomic E-state index is 12.5. The van der Waals surface area contributed by atoms with E-state index in [0.29, 0.717) is 6.54 Å². The van der Waals surface area contributed by atoms with Gasteiger partial charge in [0.1, 0.15) is 12.6 Å². The normalized spacial score (nSPS) is 11.8. The summed E-state index contributed by atoms with van der Waals surface area (Å²) >= 11 is 0. The van der Waals surface area contributed by atoms with Crippen molar-refractivity contribution in [1.29, 1.82) is 0 Å². The first-order valence-electron chi connectivity index (χ1n) is 9.03. The number of aliphatic carboxylic acids is 1. The second-order valence-electron chi connectivity index (χ2n) is 6.26. The molecule has 2 aromatic rings. The number of aryl methyl sites for hydroxylation is 2. The van der Waals surface area contributed by atoms with Crippen LogP contribution in [0.15, 0.2) is 48.5 Å². The van der Waals surface area contributed by atoms with Crippen LogP contribution in [0.3, 0.4) is 0 Å². The molecule has 0 saturated carbocycles. The van der Waals surface area contributed by atoms with Crippen LogP contribution in [-0.4, -0.2) is 17.9 Å². The predicted molar refractivity (Wildman–Crippen MR) is 99.3 cm³/mol. The summed E-state index contributed by atoms with van der Waals surface area (Å²) in [6.07, 6.45) is 1.47. The van der Waals surface area contributed by atoms with Gasteiger partial charge in [-0.25, -0.2) is 0 Å². The quantitative estimate of drug-likeness (QED) is 0.705. The third-order valence-electron chi connectivity index (χ3n) is 4.45. The number of nitrogens with two attached hydrogens (primary N) is 1. The average Bonchev–Trinajstić information content (AvgIpc) is 2.65. The summed E-state index contributed by atoms with van der Waals surface area (Å²) in [7, 11) is 0. The van der Waals surface area contributed by atoms with Crippen LogP contribution in [-0.2, 0) is 29.0 Å². The minimum absolute atomic E-state index is 0.129. The standard InChI is InChI=1S/C21H26N2O3/c1-3-16-11-8-12-17(4-2)20(16)23-19(24)13-18(21(25)26)22-14-15-9-6-5-7-10-15/h5-12,18,22H,3-4,13-14H2,1-2H3,(H,23,24)(H,25,26)/t18-/m1/s1. The first kappa shape index (κ1) is 19.7. The lowest BCUT2D eigenvalue weighted by Crippen LogP contribution is -2.92. The highest BCUT2D eigenvalue weighted by Crippen LogP contribution is 2.22. The summed E-state index contributed by atoms with van der Waals surface area (Å²) in [5, 5.41) is 16.0. The van der Waals surface area contributed by atoms with Crippen LogP contribution < -0.4 is 15.7 Å². The van der Waals surface area contributed by atoms with E-state index in [2.05, 4.69) is 5.32 Å². The molecule has 0 radical (unpaired) electrons. The number of rotatable bonds is 9. The molecule has 0 aromatic heterocycles. The summed E-state index contributed by atoms with van der Waals surface area (Å²) in [5.41, 5.74) is 3.92. The van der Waals surface area contributed by atoms with Gasteiger partial charge in [-0.1, -0.05) is 62.4 Å². The fourth-order valence-corrected chi connectivity index (χ4v) is 2.95. The van der Waals surface area contributed by atoms with Crippen molar-refractivity contribution in [3.63, 3.8) is 0 Å². The van der Waals surface area contributed by atoms with Crippen molar-refractivity contribution in [3.8, 4) is 0 Å². The number of anilines is 1. The van der Waals surface area contributed by atoms with Gasteiger partial charge in [-0.05, 0) is 24.0 Å². The van der Waals surface area contributed by atoms with Crippen LogP contribution in [0.25, 0.3) is 0 Å². The number of hydrogen-bond donors (Lipinski definition) is 2. The second kappa shape index (κ2) is 9.73. The Morgan fingerprint density at radius 2 is 1.62 bits per heavy atom. The van der Waals surface area contributed by atoms with Crippen molar-refractivity contribution in [3.05, 3.63) is 65.2 Å². The van der Waals surface area contributed by atoms with Crippen LogP contribution in [0, 0.1) is 0 Å². The molecule has 5 nitrogen and oxygen atoms in total. The third-order valence-corrected chi connectivity index (χ3v) is 4.45. The first-order chi connectivity index (χ1) is 12.5. The molecule has 2 rings (SSSR count). The van der Waals surface area contributed by atoms with Gasteiger partial charge in [-0.15, -0.1) is 0 Å². The van der Waals surface area contributed by atoms with E-state index in [1.807, 2.05) is 62.4 Å². The van der Waals surface area contributed by atoms with Gasteiger partial charge in [0.25, 0.3) is 0 Å². The topological polar surface area (TPSA) is 85.8 Å². The molecular formula is C21H26N2O3. The van der Waals surface area contributed by atoms with E-state index in [-0.39, 0.29) is 12.3 Å². The summed E-state index contributed by atoms with van der Waals surface area (Å²) in [5.74, 6) is -1.53. The largest absolute Gasteiger partial charge is 0.544 e. The summed E-state index contributed by atoms with van der Waals surface area (Å²) in [6.45, 7) is 4.54. The Balaban J connectivity index is 2.03. The second-order valence-corrected chi connectivity index (χ2v) is 6.26. The molecule has 1 atom stereocenters. The number of carboxylic acids is 1. The number of nitrogens with one attached hydrogen (secondary N) is 1. The Hall–Kier alpha value is -2.66. The van der Waals surface area contributed by atoms with E-state index in [4.69, 9.17) is 0 Å². The SMILES string of the molecule is CCc1cccc(CC)c1NC(=O)C[C@@H]([NH2+]Cc1ccccc1)C(=O)[O-]. The summed E-state index contributed by atoms with van der Waals surface area (Å²) in [6, 6.07) is 14.6. The minimum Gasteiger partial charge on any atom is -0.544 e. The lowest BCUT2D eigenvalue weighted by molar-refractivity contribution is -0.697. The number of benzene rings is 2. The number of quaternary nitrogens is 1. The van der Waals surface area contributed by atoms with Crippen LogP contribution in [0.5, 0.6) is 0 Å². The molecule has 0 heterocycles. The van der Waals surface area contributed by atoms with Crippen LogP contribution >= 0.6 is 0 Å². The van der Waals surface area contributed by atoms with Crippen LogP contribution in [0.4, 0.5) is 5.69 Å².